The summed E-state index contributed by atoms with van der Waals surface area (Å²) >= 11 is 5.64. The van der Waals surface area contributed by atoms with Gasteiger partial charge in [0.1, 0.15) is 0 Å². The molecule has 0 bridgehead atoms. The number of unbranched alkanes of at least 4 members (excludes halogenated alkanes) is 2. The maximum Gasteiger partial charge on any atom is 0.221 e. The van der Waals surface area contributed by atoms with Gasteiger partial charge < -0.3 is 5.73 Å². The molecule has 4 heteroatoms. The third-order valence-corrected chi connectivity index (χ3v) is 3.76. The van der Waals surface area contributed by atoms with Crippen LogP contribution in [0.5, 0.6) is 0 Å². The minimum Gasteiger partial charge on any atom is -0.369 e. The second-order valence-electron chi connectivity index (χ2n) is 4.77. The Morgan fingerprint density at radius 2 is 2.12 bits per heavy atom. The lowest BCUT2D eigenvalue weighted by atomic mass is 9.93. The van der Waals surface area contributed by atoms with Gasteiger partial charge in [-0.15, -0.1) is 11.6 Å². The summed E-state index contributed by atoms with van der Waals surface area (Å²) in [5.41, 5.74) is 5.37. The van der Waals surface area contributed by atoms with Gasteiger partial charge in [-0.3, -0.25) is 9.69 Å². The highest BCUT2D eigenvalue weighted by Crippen LogP contribution is 2.22. The van der Waals surface area contributed by atoms with E-state index in [0.29, 0.717) is 6.04 Å². The Balaban J connectivity index is 2.29. The number of amides is 1. The summed E-state index contributed by atoms with van der Waals surface area (Å²) in [6, 6.07) is 0.589. The van der Waals surface area contributed by atoms with Crippen molar-refractivity contribution < 1.29 is 4.79 Å². The van der Waals surface area contributed by atoms with Crippen LogP contribution in [-0.2, 0) is 4.79 Å². The van der Waals surface area contributed by atoms with Crippen LogP contribution in [-0.4, -0.2) is 35.8 Å². The van der Waals surface area contributed by atoms with Crippen LogP contribution in [0.1, 0.15) is 39.0 Å². The zero-order valence-electron chi connectivity index (χ0n) is 10.1. The average molecular weight is 247 g/mol. The molecule has 1 aliphatic heterocycles. The molecular formula is C12H23ClN2O. The number of likely N-dealkylation sites (tertiary alicyclic amines) is 1. The van der Waals surface area contributed by atoms with Gasteiger partial charge in [0.15, 0.2) is 0 Å². The number of hydrogen-bond acceptors (Lipinski definition) is 2. The molecule has 16 heavy (non-hydrogen) atoms. The van der Waals surface area contributed by atoms with Crippen molar-refractivity contribution in [1.82, 2.24) is 4.90 Å². The van der Waals surface area contributed by atoms with Gasteiger partial charge in [0.25, 0.3) is 0 Å². The van der Waals surface area contributed by atoms with Gasteiger partial charge in [0, 0.05) is 18.5 Å². The van der Waals surface area contributed by atoms with E-state index >= 15 is 0 Å². The van der Waals surface area contributed by atoms with Gasteiger partial charge in [-0.05, 0) is 39.2 Å². The predicted octanol–water partition coefficient (Wildman–Crippen LogP) is 1.98. The van der Waals surface area contributed by atoms with Crippen molar-refractivity contribution in [1.29, 1.82) is 0 Å². The summed E-state index contributed by atoms with van der Waals surface area (Å²) in [4.78, 5) is 13.6. The molecule has 94 valence electrons. The molecule has 0 aromatic rings. The molecule has 2 N–H and O–H groups in total. The largest absolute Gasteiger partial charge is 0.369 e. The zero-order valence-corrected chi connectivity index (χ0v) is 10.9. The standard InChI is InChI=1S/C12H23ClN2O/c1-10-5-6-11(12(14)16)9-15(10)8-4-2-3-7-13/h10-11H,2-9H2,1H3,(H2,14,16). The van der Waals surface area contributed by atoms with Crippen LogP contribution < -0.4 is 5.73 Å². The maximum absolute atomic E-state index is 11.2. The van der Waals surface area contributed by atoms with E-state index in [2.05, 4.69) is 11.8 Å². The fourth-order valence-electron chi connectivity index (χ4n) is 2.31. The molecule has 0 saturated carbocycles. The quantitative estimate of drug-likeness (QED) is 0.576. The molecule has 1 rings (SSSR count). The number of alkyl halides is 1. The Morgan fingerprint density at radius 1 is 1.38 bits per heavy atom. The van der Waals surface area contributed by atoms with Crippen LogP contribution >= 0.6 is 11.6 Å². The predicted molar refractivity (Wildman–Crippen MR) is 67.5 cm³/mol. The first-order valence-electron chi connectivity index (χ1n) is 6.24. The molecule has 0 radical (unpaired) electrons. The number of primary amides is 1. The molecule has 1 heterocycles. The molecule has 0 spiro atoms. The number of halogens is 1. The smallest absolute Gasteiger partial charge is 0.221 e. The van der Waals surface area contributed by atoms with Gasteiger partial charge in [0.2, 0.25) is 5.91 Å². The molecule has 2 unspecified atom stereocenters. The third-order valence-electron chi connectivity index (χ3n) is 3.49. The summed E-state index contributed by atoms with van der Waals surface area (Å²) in [7, 11) is 0. The fraction of sp³-hybridized carbons (Fsp3) is 0.917. The first-order valence-corrected chi connectivity index (χ1v) is 6.78. The Labute approximate surface area is 103 Å². The number of rotatable bonds is 6. The molecule has 1 saturated heterocycles. The second-order valence-corrected chi connectivity index (χ2v) is 5.15. The van der Waals surface area contributed by atoms with Crippen LogP contribution in [0.4, 0.5) is 0 Å². The molecule has 2 atom stereocenters. The normalized spacial score (nSPS) is 26.9. The van der Waals surface area contributed by atoms with Gasteiger partial charge in [0.05, 0.1) is 5.92 Å². The Morgan fingerprint density at radius 3 is 2.75 bits per heavy atom. The van der Waals surface area contributed by atoms with Crippen LogP contribution in [0.3, 0.4) is 0 Å². The molecule has 3 nitrogen and oxygen atoms in total. The van der Waals surface area contributed by atoms with Crippen LogP contribution in [0.25, 0.3) is 0 Å². The minimum atomic E-state index is -0.141. The van der Waals surface area contributed by atoms with E-state index in [1.807, 2.05) is 0 Å². The van der Waals surface area contributed by atoms with Gasteiger partial charge in [-0.1, -0.05) is 6.42 Å². The first kappa shape index (κ1) is 13.8. The Kier molecular flexibility index (Phi) is 6.14. The van der Waals surface area contributed by atoms with E-state index in [1.165, 1.54) is 12.8 Å². The molecular weight excluding hydrogens is 224 g/mol. The molecule has 0 aromatic heterocycles. The molecule has 1 fully saturated rings. The van der Waals surface area contributed by atoms with Gasteiger partial charge in [-0.25, -0.2) is 0 Å². The van der Waals surface area contributed by atoms with E-state index in [0.717, 1.165) is 38.2 Å². The number of nitrogens with two attached hydrogens (primary N) is 1. The lowest BCUT2D eigenvalue weighted by Gasteiger charge is -2.36. The van der Waals surface area contributed by atoms with E-state index in [9.17, 15) is 4.79 Å². The van der Waals surface area contributed by atoms with Crippen LogP contribution in [0, 0.1) is 5.92 Å². The van der Waals surface area contributed by atoms with Crippen molar-refractivity contribution in [3.05, 3.63) is 0 Å². The molecule has 1 aliphatic rings. The van der Waals surface area contributed by atoms with Gasteiger partial charge in [-0.2, -0.15) is 0 Å². The summed E-state index contributed by atoms with van der Waals surface area (Å²) in [5.74, 6) is 0.668. The minimum absolute atomic E-state index is 0.0595. The lowest BCUT2D eigenvalue weighted by Crippen LogP contribution is -2.46. The lowest BCUT2D eigenvalue weighted by molar-refractivity contribution is -0.123. The highest BCUT2D eigenvalue weighted by Gasteiger charge is 2.27. The monoisotopic (exact) mass is 246 g/mol. The average Bonchev–Trinajstić information content (AvgIpc) is 2.26. The Bertz CT molecular complexity index is 223. The highest BCUT2D eigenvalue weighted by atomic mass is 35.5. The summed E-state index contributed by atoms with van der Waals surface area (Å²) < 4.78 is 0. The summed E-state index contributed by atoms with van der Waals surface area (Å²) in [6.07, 6.45) is 5.47. The number of hydrogen-bond donors (Lipinski definition) is 1. The van der Waals surface area contributed by atoms with E-state index in [1.54, 1.807) is 0 Å². The summed E-state index contributed by atoms with van der Waals surface area (Å²) in [6.45, 7) is 4.15. The van der Waals surface area contributed by atoms with Crippen LogP contribution in [0.2, 0.25) is 0 Å². The Hall–Kier alpha value is -0.280. The topological polar surface area (TPSA) is 46.3 Å². The van der Waals surface area contributed by atoms with Crippen molar-refractivity contribution in [2.45, 2.75) is 45.1 Å². The SMILES string of the molecule is CC1CCC(C(N)=O)CN1CCCCCCl. The van der Waals surface area contributed by atoms with Crippen molar-refractivity contribution in [2.24, 2.45) is 11.7 Å². The van der Waals surface area contributed by atoms with E-state index in [-0.39, 0.29) is 11.8 Å². The van der Waals surface area contributed by atoms with Crippen molar-refractivity contribution in [3.8, 4) is 0 Å². The third kappa shape index (κ3) is 4.30. The molecule has 0 aliphatic carbocycles. The fourth-order valence-corrected chi connectivity index (χ4v) is 2.50. The molecule has 0 aromatic carbocycles. The number of carbonyl (C=O) groups is 1. The van der Waals surface area contributed by atoms with E-state index in [4.69, 9.17) is 17.3 Å². The number of carbonyl (C=O) groups excluding carboxylic acids is 1. The van der Waals surface area contributed by atoms with E-state index < -0.39 is 0 Å². The summed E-state index contributed by atoms with van der Waals surface area (Å²) in [5, 5.41) is 0. The molecule has 1 amide bonds. The highest BCUT2D eigenvalue weighted by molar-refractivity contribution is 6.17. The van der Waals surface area contributed by atoms with Gasteiger partial charge >= 0.3 is 0 Å². The van der Waals surface area contributed by atoms with Crippen molar-refractivity contribution >= 4 is 17.5 Å². The second kappa shape index (κ2) is 7.13. The zero-order chi connectivity index (χ0) is 12.0. The maximum atomic E-state index is 11.2. The first-order chi connectivity index (χ1) is 7.65. The number of nitrogens with zero attached hydrogens (tertiary/aromatic N) is 1. The van der Waals surface area contributed by atoms with Crippen LogP contribution in [0.15, 0.2) is 0 Å². The number of piperidine rings is 1. The van der Waals surface area contributed by atoms with Crippen molar-refractivity contribution in [2.75, 3.05) is 19.0 Å². The van der Waals surface area contributed by atoms with Crippen molar-refractivity contribution in [3.63, 3.8) is 0 Å².